The van der Waals surface area contributed by atoms with Crippen LogP contribution in [0.25, 0.3) is 0 Å². The molecule has 0 unspecified atom stereocenters. The molecule has 1 aliphatic heterocycles. The van der Waals surface area contributed by atoms with Crippen LogP contribution in [0.5, 0.6) is 0 Å². The molecule has 0 bridgehead atoms. The number of rotatable bonds is 5. The van der Waals surface area contributed by atoms with Gasteiger partial charge in [0.2, 0.25) is 10.0 Å². The molecule has 0 aliphatic carbocycles. The molecule has 1 N–H and O–H groups in total. The van der Waals surface area contributed by atoms with Crippen LogP contribution in [0.2, 0.25) is 0 Å². The van der Waals surface area contributed by atoms with E-state index in [-0.39, 0.29) is 29.3 Å². The summed E-state index contributed by atoms with van der Waals surface area (Å²) in [4.78, 5) is 14.8. The van der Waals surface area contributed by atoms with Gasteiger partial charge >= 0.3 is 0 Å². The summed E-state index contributed by atoms with van der Waals surface area (Å²) in [6, 6.07) is 5.06. The van der Waals surface area contributed by atoms with Crippen molar-refractivity contribution in [2.45, 2.75) is 38.6 Å². The van der Waals surface area contributed by atoms with Crippen molar-refractivity contribution < 1.29 is 13.2 Å². The van der Waals surface area contributed by atoms with Gasteiger partial charge in [-0.05, 0) is 31.5 Å². The summed E-state index contributed by atoms with van der Waals surface area (Å²) in [5, 5.41) is 3.25. The SMILES string of the molecule is CCN(CC)S(=O)(=O)c1cc(C(=O)N2CCNC[C@@H]2C)ccc1C.Cl. The van der Waals surface area contributed by atoms with Crippen LogP contribution in [0.15, 0.2) is 23.1 Å². The number of aryl methyl sites for hydroxylation is 1. The fraction of sp³-hybridized carbons (Fsp3) is 0.588. The van der Waals surface area contributed by atoms with Gasteiger partial charge in [-0.2, -0.15) is 4.31 Å². The number of halogens is 1. The number of amides is 1. The lowest BCUT2D eigenvalue weighted by Crippen LogP contribution is -2.52. The highest BCUT2D eigenvalue weighted by Gasteiger charge is 2.28. The average Bonchev–Trinajstić information content (AvgIpc) is 2.56. The average molecular weight is 390 g/mol. The first-order valence-corrected chi connectivity index (χ1v) is 9.89. The van der Waals surface area contributed by atoms with Gasteiger partial charge in [0.05, 0.1) is 4.90 Å². The first kappa shape index (κ1) is 21.9. The number of nitrogens with one attached hydrogen (secondary N) is 1. The summed E-state index contributed by atoms with van der Waals surface area (Å²) in [7, 11) is -3.58. The van der Waals surface area contributed by atoms with Gasteiger partial charge in [0.25, 0.3) is 5.91 Å². The molecule has 142 valence electrons. The summed E-state index contributed by atoms with van der Waals surface area (Å²) in [5.74, 6) is -0.111. The maximum Gasteiger partial charge on any atom is 0.254 e. The molecule has 2 rings (SSSR count). The molecular formula is C17H28ClN3O3S. The van der Waals surface area contributed by atoms with Crippen LogP contribution in [0.4, 0.5) is 0 Å². The van der Waals surface area contributed by atoms with Crippen molar-refractivity contribution in [2.24, 2.45) is 0 Å². The molecule has 0 aromatic heterocycles. The molecule has 0 radical (unpaired) electrons. The van der Waals surface area contributed by atoms with E-state index in [4.69, 9.17) is 0 Å². The van der Waals surface area contributed by atoms with Crippen molar-refractivity contribution in [3.05, 3.63) is 29.3 Å². The van der Waals surface area contributed by atoms with Gasteiger partial charge in [-0.15, -0.1) is 12.4 Å². The van der Waals surface area contributed by atoms with E-state index >= 15 is 0 Å². The number of piperazine rings is 1. The van der Waals surface area contributed by atoms with E-state index in [0.717, 1.165) is 13.1 Å². The van der Waals surface area contributed by atoms with E-state index in [1.54, 1.807) is 24.0 Å². The van der Waals surface area contributed by atoms with Crippen molar-refractivity contribution in [1.82, 2.24) is 14.5 Å². The zero-order chi connectivity index (χ0) is 17.9. The third kappa shape index (κ3) is 4.53. The van der Waals surface area contributed by atoms with Gasteiger partial charge in [0.15, 0.2) is 0 Å². The molecule has 6 nitrogen and oxygen atoms in total. The minimum Gasteiger partial charge on any atom is -0.333 e. The number of hydrogen-bond donors (Lipinski definition) is 1. The molecule has 0 saturated carbocycles. The highest BCUT2D eigenvalue weighted by atomic mass is 35.5. The summed E-state index contributed by atoms with van der Waals surface area (Å²) in [5.41, 5.74) is 1.09. The summed E-state index contributed by atoms with van der Waals surface area (Å²) in [6.07, 6.45) is 0. The predicted octanol–water partition coefficient (Wildman–Crippen LogP) is 1.88. The van der Waals surface area contributed by atoms with Crippen molar-refractivity contribution in [2.75, 3.05) is 32.7 Å². The summed E-state index contributed by atoms with van der Waals surface area (Å²) in [6.45, 7) is 10.3. The predicted molar refractivity (Wildman–Crippen MR) is 102 cm³/mol. The number of nitrogens with zero attached hydrogens (tertiary/aromatic N) is 2. The first-order chi connectivity index (χ1) is 11.3. The van der Waals surface area contributed by atoms with Crippen LogP contribution in [-0.4, -0.2) is 62.3 Å². The minimum atomic E-state index is -3.58. The standard InChI is InChI=1S/C17H27N3O3S.ClH/c1-5-19(6-2)24(22,23)16-11-15(8-7-13(16)3)17(21)20-10-9-18-12-14(20)4;/h7-8,11,14,18H,5-6,9-10,12H2,1-4H3;1H/t14-;/m0./s1. The largest absolute Gasteiger partial charge is 0.333 e. The van der Waals surface area contributed by atoms with Crippen LogP contribution >= 0.6 is 12.4 Å². The Labute approximate surface area is 157 Å². The molecule has 25 heavy (non-hydrogen) atoms. The van der Waals surface area contributed by atoms with Gasteiger partial charge in [-0.3, -0.25) is 4.79 Å². The van der Waals surface area contributed by atoms with E-state index in [9.17, 15) is 13.2 Å². The summed E-state index contributed by atoms with van der Waals surface area (Å²) < 4.78 is 27.1. The third-order valence-corrected chi connectivity index (χ3v) is 6.71. The lowest BCUT2D eigenvalue weighted by molar-refractivity contribution is 0.0655. The minimum absolute atomic E-state index is 0. The Morgan fingerprint density at radius 3 is 2.52 bits per heavy atom. The third-order valence-electron chi connectivity index (χ3n) is 4.52. The fourth-order valence-electron chi connectivity index (χ4n) is 3.02. The van der Waals surface area contributed by atoms with Crippen molar-refractivity contribution in [3.63, 3.8) is 0 Å². The van der Waals surface area contributed by atoms with E-state index in [2.05, 4.69) is 5.32 Å². The van der Waals surface area contributed by atoms with Crippen LogP contribution in [0.3, 0.4) is 0 Å². The van der Waals surface area contributed by atoms with E-state index in [1.807, 2.05) is 20.8 Å². The first-order valence-electron chi connectivity index (χ1n) is 8.45. The van der Waals surface area contributed by atoms with Crippen molar-refractivity contribution >= 4 is 28.3 Å². The summed E-state index contributed by atoms with van der Waals surface area (Å²) >= 11 is 0. The Morgan fingerprint density at radius 1 is 1.32 bits per heavy atom. The second-order valence-electron chi connectivity index (χ2n) is 6.12. The molecule has 1 aromatic carbocycles. The molecule has 1 saturated heterocycles. The van der Waals surface area contributed by atoms with Crippen LogP contribution in [0.1, 0.15) is 36.7 Å². The Balaban J connectivity index is 0.00000312. The normalized spacial score (nSPS) is 18.1. The maximum atomic E-state index is 12.8. The molecular weight excluding hydrogens is 362 g/mol. The molecule has 1 fully saturated rings. The molecule has 1 atom stereocenters. The lowest BCUT2D eigenvalue weighted by Gasteiger charge is -2.34. The number of carbonyl (C=O) groups excluding carboxylic acids is 1. The maximum absolute atomic E-state index is 12.8. The smallest absolute Gasteiger partial charge is 0.254 e. The van der Waals surface area contributed by atoms with E-state index < -0.39 is 10.0 Å². The van der Waals surface area contributed by atoms with Crippen LogP contribution in [-0.2, 0) is 10.0 Å². The quantitative estimate of drug-likeness (QED) is 0.834. The molecule has 0 spiro atoms. The van der Waals surface area contributed by atoms with Crippen LogP contribution in [0, 0.1) is 6.92 Å². The Kier molecular flexibility index (Phi) is 7.87. The Morgan fingerprint density at radius 2 is 1.96 bits per heavy atom. The zero-order valence-corrected chi connectivity index (χ0v) is 16.9. The number of hydrogen-bond acceptors (Lipinski definition) is 4. The fourth-order valence-corrected chi connectivity index (χ4v) is 4.73. The molecule has 1 heterocycles. The van der Waals surface area contributed by atoms with Crippen LogP contribution < -0.4 is 5.32 Å². The molecule has 1 aliphatic rings. The van der Waals surface area contributed by atoms with Crippen molar-refractivity contribution in [1.29, 1.82) is 0 Å². The molecule has 1 amide bonds. The zero-order valence-electron chi connectivity index (χ0n) is 15.3. The Bertz CT molecular complexity index is 705. The number of benzene rings is 1. The molecule has 1 aromatic rings. The highest BCUT2D eigenvalue weighted by molar-refractivity contribution is 7.89. The van der Waals surface area contributed by atoms with Gasteiger partial charge < -0.3 is 10.2 Å². The molecule has 8 heteroatoms. The second-order valence-corrected chi connectivity index (χ2v) is 8.03. The van der Waals surface area contributed by atoms with Gasteiger partial charge in [-0.25, -0.2) is 8.42 Å². The topological polar surface area (TPSA) is 69.7 Å². The van der Waals surface area contributed by atoms with E-state index in [1.165, 1.54) is 10.4 Å². The highest BCUT2D eigenvalue weighted by Crippen LogP contribution is 2.22. The van der Waals surface area contributed by atoms with Gasteiger partial charge in [0.1, 0.15) is 0 Å². The number of sulfonamides is 1. The monoisotopic (exact) mass is 389 g/mol. The number of carbonyl (C=O) groups is 1. The second kappa shape index (κ2) is 8.98. The van der Waals surface area contributed by atoms with Crippen molar-refractivity contribution in [3.8, 4) is 0 Å². The lowest BCUT2D eigenvalue weighted by atomic mass is 10.1. The van der Waals surface area contributed by atoms with E-state index in [0.29, 0.717) is 30.8 Å². The van der Waals surface area contributed by atoms with Gasteiger partial charge in [-0.1, -0.05) is 19.9 Å². The van der Waals surface area contributed by atoms with Gasteiger partial charge in [0, 0.05) is 44.3 Å². The Hall–Kier alpha value is -1.15.